The summed E-state index contributed by atoms with van der Waals surface area (Å²) >= 11 is 0. The molecule has 1 N–H and O–H groups in total. The van der Waals surface area contributed by atoms with Crippen LogP contribution in [-0.4, -0.2) is 87.0 Å². The summed E-state index contributed by atoms with van der Waals surface area (Å²) in [7, 11) is 0. The van der Waals surface area contributed by atoms with E-state index in [2.05, 4.69) is 35.9 Å². The minimum atomic E-state index is 0. The summed E-state index contributed by atoms with van der Waals surface area (Å²) in [6, 6.07) is 0. The second kappa shape index (κ2) is 11.8. The van der Waals surface area contributed by atoms with Gasteiger partial charge >= 0.3 is 0 Å². The number of morpholine rings is 1. The first kappa shape index (κ1) is 23.2. The molecule has 0 amide bonds. The van der Waals surface area contributed by atoms with Crippen LogP contribution in [0.3, 0.4) is 0 Å². The molecule has 0 aliphatic carbocycles. The Morgan fingerprint density at radius 1 is 1.07 bits per heavy atom. The minimum Gasteiger partial charge on any atom is -0.375 e. The predicted octanol–water partition coefficient (Wildman–Crippen LogP) is 2.43. The molecule has 7 heteroatoms. The predicted molar refractivity (Wildman–Crippen MR) is 121 cm³/mol. The lowest BCUT2D eigenvalue weighted by atomic mass is 9.92. The molecule has 0 aromatic heterocycles. The van der Waals surface area contributed by atoms with Gasteiger partial charge in [-0.2, -0.15) is 0 Å². The van der Waals surface area contributed by atoms with Crippen molar-refractivity contribution in [3.05, 3.63) is 0 Å². The molecule has 0 aromatic carbocycles. The normalized spacial score (nSPS) is 33.0. The monoisotopic (exact) mass is 494 g/mol. The second-order valence-corrected chi connectivity index (χ2v) is 8.35. The Morgan fingerprint density at radius 2 is 1.81 bits per heavy atom. The first-order chi connectivity index (χ1) is 12.7. The second-order valence-electron chi connectivity index (χ2n) is 8.35. The SMILES string of the molecule is CCNC(=NCCN1CC(C)CC(C)C1)N1CCOC(C2CCCO2)C1.I. The maximum Gasteiger partial charge on any atom is 0.194 e. The Labute approximate surface area is 182 Å². The van der Waals surface area contributed by atoms with E-state index in [1.807, 2.05) is 0 Å². The number of aliphatic imine (C=N–C) groups is 1. The van der Waals surface area contributed by atoms with Crippen LogP contribution >= 0.6 is 24.0 Å². The molecular formula is C20H39IN4O2. The molecular weight excluding hydrogens is 455 g/mol. The fraction of sp³-hybridized carbons (Fsp3) is 0.950. The van der Waals surface area contributed by atoms with E-state index in [4.69, 9.17) is 14.5 Å². The molecule has 0 aromatic rings. The van der Waals surface area contributed by atoms with Gasteiger partial charge < -0.3 is 24.6 Å². The van der Waals surface area contributed by atoms with Gasteiger partial charge in [0.15, 0.2) is 5.96 Å². The number of likely N-dealkylation sites (tertiary alicyclic amines) is 1. The van der Waals surface area contributed by atoms with Gasteiger partial charge in [-0.3, -0.25) is 4.99 Å². The first-order valence-corrected chi connectivity index (χ1v) is 10.6. The third kappa shape index (κ3) is 7.01. The van der Waals surface area contributed by atoms with E-state index in [0.29, 0.717) is 0 Å². The van der Waals surface area contributed by atoms with Crippen LogP contribution in [-0.2, 0) is 9.47 Å². The summed E-state index contributed by atoms with van der Waals surface area (Å²) < 4.78 is 11.8. The van der Waals surface area contributed by atoms with Crippen molar-refractivity contribution in [3.63, 3.8) is 0 Å². The largest absolute Gasteiger partial charge is 0.375 e. The first-order valence-electron chi connectivity index (χ1n) is 10.6. The number of nitrogens with one attached hydrogen (secondary N) is 1. The van der Waals surface area contributed by atoms with E-state index >= 15 is 0 Å². The Kier molecular flexibility index (Phi) is 10.1. The molecule has 3 fully saturated rings. The van der Waals surface area contributed by atoms with Gasteiger partial charge in [0.05, 0.1) is 19.3 Å². The van der Waals surface area contributed by atoms with Crippen molar-refractivity contribution in [2.75, 3.05) is 59.0 Å². The van der Waals surface area contributed by atoms with Gasteiger partial charge in [0.1, 0.15) is 6.10 Å². The van der Waals surface area contributed by atoms with Crippen LogP contribution in [0.1, 0.15) is 40.0 Å². The number of halogens is 1. The van der Waals surface area contributed by atoms with Crippen LogP contribution in [0.5, 0.6) is 0 Å². The van der Waals surface area contributed by atoms with Crippen molar-refractivity contribution in [1.82, 2.24) is 15.1 Å². The molecule has 3 rings (SSSR count). The standard InChI is InChI=1S/C20H38N4O2.HI/c1-4-21-20(22-7-8-23-13-16(2)12-17(3)14-23)24-9-11-26-19(15-24)18-6-5-10-25-18;/h16-19H,4-15H2,1-3H3,(H,21,22);1H. The topological polar surface area (TPSA) is 49.3 Å². The van der Waals surface area contributed by atoms with Crippen molar-refractivity contribution in [3.8, 4) is 0 Å². The number of rotatable bonds is 5. The van der Waals surface area contributed by atoms with Crippen LogP contribution in [0.4, 0.5) is 0 Å². The summed E-state index contributed by atoms with van der Waals surface area (Å²) in [4.78, 5) is 9.88. The number of ether oxygens (including phenoxy) is 2. The number of nitrogens with zero attached hydrogens (tertiary/aromatic N) is 3. The number of hydrogen-bond donors (Lipinski definition) is 1. The Bertz CT molecular complexity index is 449. The van der Waals surface area contributed by atoms with E-state index in [1.165, 1.54) is 19.5 Å². The van der Waals surface area contributed by atoms with Crippen molar-refractivity contribution >= 4 is 29.9 Å². The van der Waals surface area contributed by atoms with Gasteiger partial charge in [0.2, 0.25) is 0 Å². The molecule has 0 radical (unpaired) electrons. The molecule has 158 valence electrons. The third-order valence-corrected chi connectivity index (χ3v) is 5.73. The van der Waals surface area contributed by atoms with E-state index in [-0.39, 0.29) is 36.2 Å². The average Bonchev–Trinajstić information content (AvgIpc) is 3.15. The smallest absolute Gasteiger partial charge is 0.194 e. The van der Waals surface area contributed by atoms with Crippen molar-refractivity contribution in [1.29, 1.82) is 0 Å². The van der Waals surface area contributed by atoms with Gasteiger partial charge in [0, 0.05) is 45.9 Å². The minimum absolute atomic E-state index is 0. The molecule has 27 heavy (non-hydrogen) atoms. The molecule has 0 spiro atoms. The Hall–Kier alpha value is -0.120. The third-order valence-electron chi connectivity index (χ3n) is 5.73. The number of piperidine rings is 1. The molecule has 4 unspecified atom stereocenters. The van der Waals surface area contributed by atoms with Crippen LogP contribution in [0, 0.1) is 11.8 Å². The fourth-order valence-electron chi connectivity index (χ4n) is 4.69. The number of guanidine groups is 1. The van der Waals surface area contributed by atoms with Crippen molar-refractivity contribution in [2.45, 2.75) is 52.2 Å². The van der Waals surface area contributed by atoms with E-state index < -0.39 is 0 Å². The van der Waals surface area contributed by atoms with Gasteiger partial charge in [-0.1, -0.05) is 13.8 Å². The maximum atomic E-state index is 5.99. The summed E-state index contributed by atoms with van der Waals surface area (Å²) in [6.07, 6.45) is 4.08. The molecule has 3 aliphatic heterocycles. The van der Waals surface area contributed by atoms with Crippen molar-refractivity contribution < 1.29 is 9.47 Å². The zero-order valence-electron chi connectivity index (χ0n) is 17.4. The lowest BCUT2D eigenvalue weighted by Crippen LogP contribution is -2.53. The Morgan fingerprint density at radius 3 is 2.48 bits per heavy atom. The molecule has 6 nitrogen and oxygen atoms in total. The molecule has 4 atom stereocenters. The summed E-state index contributed by atoms with van der Waals surface area (Å²) in [6.45, 7) is 15.6. The van der Waals surface area contributed by atoms with Crippen LogP contribution < -0.4 is 5.32 Å². The lowest BCUT2D eigenvalue weighted by molar-refractivity contribution is -0.0817. The zero-order chi connectivity index (χ0) is 18.4. The van der Waals surface area contributed by atoms with Crippen LogP contribution in [0.25, 0.3) is 0 Å². The Balaban J connectivity index is 0.00000261. The van der Waals surface area contributed by atoms with E-state index in [9.17, 15) is 0 Å². The summed E-state index contributed by atoms with van der Waals surface area (Å²) in [5.74, 6) is 2.65. The van der Waals surface area contributed by atoms with Crippen LogP contribution in [0.2, 0.25) is 0 Å². The molecule has 0 bridgehead atoms. The van der Waals surface area contributed by atoms with Gasteiger partial charge in [-0.15, -0.1) is 24.0 Å². The molecule has 3 saturated heterocycles. The van der Waals surface area contributed by atoms with Crippen LogP contribution in [0.15, 0.2) is 4.99 Å². The highest BCUT2D eigenvalue weighted by Gasteiger charge is 2.32. The van der Waals surface area contributed by atoms with Gasteiger partial charge in [-0.05, 0) is 38.0 Å². The highest BCUT2D eigenvalue weighted by molar-refractivity contribution is 14.0. The van der Waals surface area contributed by atoms with E-state index in [1.54, 1.807) is 0 Å². The summed E-state index contributed by atoms with van der Waals surface area (Å²) in [5.41, 5.74) is 0. The van der Waals surface area contributed by atoms with E-state index in [0.717, 1.165) is 76.6 Å². The lowest BCUT2D eigenvalue weighted by Gasteiger charge is -2.37. The highest BCUT2D eigenvalue weighted by Crippen LogP contribution is 2.22. The highest BCUT2D eigenvalue weighted by atomic mass is 127. The molecule has 3 heterocycles. The average molecular weight is 494 g/mol. The quantitative estimate of drug-likeness (QED) is 0.362. The van der Waals surface area contributed by atoms with Gasteiger partial charge in [0.25, 0.3) is 0 Å². The summed E-state index contributed by atoms with van der Waals surface area (Å²) in [5, 5.41) is 3.48. The fourth-order valence-corrected chi connectivity index (χ4v) is 4.69. The zero-order valence-corrected chi connectivity index (χ0v) is 19.7. The van der Waals surface area contributed by atoms with Gasteiger partial charge in [-0.25, -0.2) is 0 Å². The maximum absolute atomic E-state index is 5.99. The number of hydrogen-bond acceptors (Lipinski definition) is 4. The molecule has 3 aliphatic rings. The van der Waals surface area contributed by atoms with Crippen molar-refractivity contribution in [2.24, 2.45) is 16.8 Å². The molecule has 0 saturated carbocycles.